The molecule has 0 heterocycles. The molecule has 2 nitrogen and oxygen atoms in total. The fourth-order valence-electron chi connectivity index (χ4n) is 0.743. The van der Waals surface area contributed by atoms with E-state index in [4.69, 9.17) is 5.11 Å². The van der Waals surface area contributed by atoms with Gasteiger partial charge in [0.25, 0.3) is 0 Å². The van der Waals surface area contributed by atoms with Crippen molar-refractivity contribution in [1.82, 2.24) is 0 Å². The summed E-state index contributed by atoms with van der Waals surface area (Å²) in [6.45, 7) is 5.60. The van der Waals surface area contributed by atoms with E-state index >= 15 is 0 Å². The van der Waals surface area contributed by atoms with Crippen LogP contribution in [-0.4, -0.2) is 10.9 Å². The molecule has 0 radical (unpaired) electrons. The van der Waals surface area contributed by atoms with E-state index in [1.54, 1.807) is 0 Å². The van der Waals surface area contributed by atoms with E-state index in [0.717, 1.165) is 6.42 Å². The van der Waals surface area contributed by atoms with Gasteiger partial charge in [0.05, 0.1) is 5.76 Å². The van der Waals surface area contributed by atoms with E-state index in [-0.39, 0.29) is 11.5 Å². The smallest absolute Gasteiger partial charge is 0.155 e. The molecule has 0 saturated carbocycles. The molecule has 2 heteroatoms. The molecule has 0 aromatic carbocycles. The average molecular weight is 156 g/mol. The molecule has 0 fully saturated rings. The third-order valence-electron chi connectivity index (χ3n) is 1.35. The zero-order valence-corrected chi connectivity index (χ0v) is 7.42. The normalized spacial score (nSPS) is 12.2. The van der Waals surface area contributed by atoms with Gasteiger partial charge in [-0.3, -0.25) is 4.79 Å². The summed E-state index contributed by atoms with van der Waals surface area (Å²) in [6.07, 6.45) is 2.81. The average Bonchev–Trinajstić information content (AvgIpc) is 1.82. The lowest BCUT2D eigenvalue weighted by atomic mass is 10.1. The summed E-state index contributed by atoms with van der Waals surface area (Å²) in [5, 5.41) is 9.11. The largest absolute Gasteiger partial charge is 0.512 e. The first-order chi connectivity index (χ1) is 5.02. The molecule has 0 amide bonds. The highest BCUT2D eigenvalue weighted by Crippen LogP contribution is 2.08. The SMILES string of the molecule is CC(=O)/C=C(\O)CCC(C)C. The van der Waals surface area contributed by atoms with E-state index in [1.165, 1.54) is 13.0 Å². The second-order valence-corrected chi connectivity index (χ2v) is 3.18. The van der Waals surface area contributed by atoms with Crippen LogP contribution >= 0.6 is 0 Å². The Morgan fingerprint density at radius 2 is 2.09 bits per heavy atom. The van der Waals surface area contributed by atoms with Gasteiger partial charge in [-0.25, -0.2) is 0 Å². The number of aliphatic hydroxyl groups is 1. The highest BCUT2D eigenvalue weighted by atomic mass is 16.3. The van der Waals surface area contributed by atoms with Crippen LogP contribution in [0.15, 0.2) is 11.8 Å². The molecule has 0 aromatic rings. The van der Waals surface area contributed by atoms with Crippen molar-refractivity contribution in [1.29, 1.82) is 0 Å². The minimum absolute atomic E-state index is 0.0914. The predicted molar refractivity (Wildman–Crippen MR) is 45.5 cm³/mol. The Hall–Kier alpha value is -0.790. The number of aliphatic hydroxyl groups excluding tert-OH is 1. The molecule has 0 atom stereocenters. The van der Waals surface area contributed by atoms with Crippen molar-refractivity contribution >= 4 is 5.78 Å². The minimum atomic E-state index is -0.0914. The van der Waals surface area contributed by atoms with Crippen LogP contribution < -0.4 is 0 Å². The minimum Gasteiger partial charge on any atom is -0.512 e. The van der Waals surface area contributed by atoms with Gasteiger partial charge in [0.1, 0.15) is 0 Å². The number of hydrogen-bond acceptors (Lipinski definition) is 2. The summed E-state index contributed by atoms with van der Waals surface area (Å²) >= 11 is 0. The van der Waals surface area contributed by atoms with Gasteiger partial charge >= 0.3 is 0 Å². The molecular weight excluding hydrogens is 140 g/mol. The maximum Gasteiger partial charge on any atom is 0.155 e. The van der Waals surface area contributed by atoms with Gasteiger partial charge in [-0.05, 0) is 19.3 Å². The van der Waals surface area contributed by atoms with Gasteiger partial charge < -0.3 is 5.11 Å². The van der Waals surface area contributed by atoms with Crippen molar-refractivity contribution in [2.75, 3.05) is 0 Å². The highest BCUT2D eigenvalue weighted by Gasteiger charge is 1.98. The molecule has 0 spiro atoms. The van der Waals surface area contributed by atoms with Crippen molar-refractivity contribution in [3.63, 3.8) is 0 Å². The van der Waals surface area contributed by atoms with Crippen LogP contribution in [0.4, 0.5) is 0 Å². The number of hydrogen-bond donors (Lipinski definition) is 1. The molecule has 11 heavy (non-hydrogen) atoms. The van der Waals surface area contributed by atoms with Gasteiger partial charge in [0.15, 0.2) is 5.78 Å². The van der Waals surface area contributed by atoms with Crippen molar-refractivity contribution in [3.8, 4) is 0 Å². The number of carbonyl (C=O) groups excluding carboxylic acids is 1. The van der Waals surface area contributed by atoms with Gasteiger partial charge in [0, 0.05) is 12.5 Å². The molecule has 0 unspecified atom stereocenters. The second kappa shape index (κ2) is 4.94. The first-order valence-electron chi connectivity index (χ1n) is 3.92. The summed E-state index contributed by atoms with van der Waals surface area (Å²) < 4.78 is 0. The Bertz CT molecular complexity index is 157. The zero-order chi connectivity index (χ0) is 8.85. The molecule has 0 rings (SSSR count). The molecule has 0 bridgehead atoms. The Kier molecular flexibility index (Phi) is 4.59. The van der Waals surface area contributed by atoms with Gasteiger partial charge in [-0.1, -0.05) is 13.8 Å². The topological polar surface area (TPSA) is 37.3 Å². The number of ketones is 1. The summed E-state index contributed by atoms with van der Waals surface area (Å²) in [5.41, 5.74) is 0. The summed E-state index contributed by atoms with van der Waals surface area (Å²) in [5.74, 6) is 0.676. The predicted octanol–water partition coefficient (Wildman–Crippen LogP) is 2.45. The molecule has 1 N–H and O–H groups in total. The summed E-state index contributed by atoms with van der Waals surface area (Å²) in [7, 11) is 0. The van der Waals surface area contributed by atoms with E-state index in [2.05, 4.69) is 13.8 Å². The van der Waals surface area contributed by atoms with Crippen molar-refractivity contribution in [3.05, 3.63) is 11.8 Å². The van der Waals surface area contributed by atoms with Crippen molar-refractivity contribution in [2.24, 2.45) is 5.92 Å². The van der Waals surface area contributed by atoms with Gasteiger partial charge in [-0.2, -0.15) is 0 Å². The number of carbonyl (C=O) groups is 1. The third-order valence-corrected chi connectivity index (χ3v) is 1.35. The third kappa shape index (κ3) is 7.10. The first-order valence-corrected chi connectivity index (χ1v) is 3.92. The number of allylic oxidation sites excluding steroid dienone is 2. The lowest BCUT2D eigenvalue weighted by molar-refractivity contribution is -0.112. The Morgan fingerprint density at radius 3 is 2.45 bits per heavy atom. The Balaban J connectivity index is 3.68. The molecule has 0 aliphatic heterocycles. The van der Waals surface area contributed by atoms with Crippen LogP contribution in [-0.2, 0) is 4.79 Å². The standard InChI is InChI=1S/C9H16O2/c1-7(2)4-5-9(11)6-8(3)10/h6-7,11H,4-5H2,1-3H3/b9-6-. The molecule has 0 aliphatic carbocycles. The molecular formula is C9H16O2. The highest BCUT2D eigenvalue weighted by molar-refractivity contribution is 5.87. The first kappa shape index (κ1) is 10.2. The van der Waals surface area contributed by atoms with E-state index in [0.29, 0.717) is 12.3 Å². The fraction of sp³-hybridized carbons (Fsp3) is 0.667. The monoisotopic (exact) mass is 156 g/mol. The van der Waals surface area contributed by atoms with Crippen LogP contribution in [0.3, 0.4) is 0 Å². The summed E-state index contributed by atoms with van der Waals surface area (Å²) in [4.78, 5) is 10.5. The summed E-state index contributed by atoms with van der Waals surface area (Å²) in [6, 6.07) is 0. The van der Waals surface area contributed by atoms with Crippen LogP contribution in [0.1, 0.15) is 33.6 Å². The second-order valence-electron chi connectivity index (χ2n) is 3.18. The van der Waals surface area contributed by atoms with Gasteiger partial charge in [0.2, 0.25) is 0 Å². The lowest BCUT2D eigenvalue weighted by Gasteiger charge is -2.02. The molecule has 0 aromatic heterocycles. The Labute approximate surface area is 67.9 Å². The maximum absolute atomic E-state index is 10.5. The van der Waals surface area contributed by atoms with Crippen LogP contribution in [0.5, 0.6) is 0 Å². The van der Waals surface area contributed by atoms with Crippen LogP contribution in [0.2, 0.25) is 0 Å². The van der Waals surface area contributed by atoms with Crippen molar-refractivity contribution in [2.45, 2.75) is 33.6 Å². The van der Waals surface area contributed by atoms with Gasteiger partial charge in [-0.15, -0.1) is 0 Å². The molecule has 0 saturated heterocycles. The lowest BCUT2D eigenvalue weighted by Crippen LogP contribution is -1.92. The van der Waals surface area contributed by atoms with Crippen LogP contribution in [0, 0.1) is 5.92 Å². The molecule has 0 aliphatic rings. The number of rotatable bonds is 4. The van der Waals surface area contributed by atoms with E-state index in [1.807, 2.05) is 0 Å². The van der Waals surface area contributed by atoms with E-state index in [9.17, 15) is 4.79 Å². The fourth-order valence-corrected chi connectivity index (χ4v) is 0.743. The van der Waals surface area contributed by atoms with Crippen molar-refractivity contribution < 1.29 is 9.90 Å². The maximum atomic E-state index is 10.5. The molecule has 64 valence electrons. The Morgan fingerprint density at radius 1 is 1.55 bits per heavy atom. The van der Waals surface area contributed by atoms with E-state index < -0.39 is 0 Å². The zero-order valence-electron chi connectivity index (χ0n) is 7.42. The quantitative estimate of drug-likeness (QED) is 0.501. The van der Waals surface area contributed by atoms with Crippen LogP contribution in [0.25, 0.3) is 0 Å².